The Morgan fingerprint density at radius 3 is 2.61 bits per heavy atom. The minimum absolute atomic E-state index is 0.0460. The number of hydrogen-bond acceptors (Lipinski definition) is 9. The van der Waals surface area contributed by atoms with E-state index in [1.165, 1.54) is 23.5 Å². The average molecular weight is 484 g/mol. The van der Waals surface area contributed by atoms with Gasteiger partial charge in [-0.15, -0.1) is 10.2 Å². The third kappa shape index (κ3) is 5.92. The molecule has 3 heterocycles. The number of rotatable bonds is 9. The van der Waals surface area contributed by atoms with E-state index in [9.17, 15) is 4.79 Å². The van der Waals surface area contributed by atoms with Crippen molar-refractivity contribution in [2.45, 2.75) is 20.0 Å². The van der Waals surface area contributed by atoms with Crippen LogP contribution in [0.25, 0.3) is 0 Å². The molecule has 12 heteroatoms. The second kappa shape index (κ2) is 10.5. The fourth-order valence-electron chi connectivity index (χ4n) is 2.74. The van der Waals surface area contributed by atoms with Gasteiger partial charge in [0.05, 0.1) is 6.61 Å². The Morgan fingerprint density at radius 1 is 1.12 bits per heavy atom. The van der Waals surface area contributed by atoms with Gasteiger partial charge in [0.15, 0.2) is 11.0 Å². The van der Waals surface area contributed by atoms with Crippen LogP contribution in [0, 0.1) is 0 Å². The molecule has 1 amide bonds. The monoisotopic (exact) mass is 483 g/mol. The molecule has 0 saturated carbocycles. The van der Waals surface area contributed by atoms with Gasteiger partial charge in [0, 0.05) is 36.1 Å². The van der Waals surface area contributed by atoms with Crippen LogP contribution in [0.5, 0.6) is 5.75 Å². The fraction of sp³-hybridized carbons (Fsp3) is 0.190. The van der Waals surface area contributed by atoms with Crippen molar-refractivity contribution in [2.24, 2.45) is 14.1 Å². The van der Waals surface area contributed by atoms with Gasteiger partial charge in [-0.1, -0.05) is 11.8 Å². The summed E-state index contributed by atoms with van der Waals surface area (Å²) in [7, 11) is 3.62. The summed E-state index contributed by atoms with van der Waals surface area (Å²) in [4.78, 5) is 19.3. The van der Waals surface area contributed by atoms with Crippen LogP contribution in [-0.2, 0) is 14.1 Å². The van der Waals surface area contributed by atoms with Crippen LogP contribution in [0.3, 0.4) is 0 Å². The second-order valence-electron chi connectivity index (χ2n) is 6.80. The van der Waals surface area contributed by atoms with E-state index < -0.39 is 0 Å². The third-order valence-corrected chi connectivity index (χ3v) is 6.33. The van der Waals surface area contributed by atoms with E-state index in [2.05, 4.69) is 25.6 Å². The lowest BCUT2D eigenvalue weighted by molar-refractivity contribution is 0.101. The van der Waals surface area contributed by atoms with Gasteiger partial charge < -0.3 is 19.7 Å². The number of ether oxygens (including phenoxy) is 1. The molecule has 1 aromatic carbocycles. The molecule has 33 heavy (non-hydrogen) atoms. The first kappa shape index (κ1) is 22.8. The number of carbonyl (C=O) groups is 1. The van der Waals surface area contributed by atoms with Crippen LogP contribution in [0.2, 0.25) is 0 Å². The number of anilines is 1. The van der Waals surface area contributed by atoms with Gasteiger partial charge in [0.2, 0.25) is 0 Å². The second-order valence-corrected chi connectivity index (χ2v) is 8.90. The number of nitrogens with zero attached hydrogens (tertiary/aromatic N) is 6. The van der Waals surface area contributed by atoms with E-state index >= 15 is 0 Å². The molecule has 4 rings (SSSR count). The number of hydrogen-bond donors (Lipinski definition) is 2. The number of carbonyl (C=O) groups excluding carboxylic acids is 1. The van der Waals surface area contributed by atoms with Crippen LogP contribution < -0.4 is 10.1 Å². The molecule has 170 valence electrons. The number of aliphatic hydroxyl groups excluding tert-OH is 1. The summed E-state index contributed by atoms with van der Waals surface area (Å²) < 4.78 is 8.80. The van der Waals surface area contributed by atoms with Gasteiger partial charge in [-0.2, -0.15) is 5.10 Å². The zero-order valence-corrected chi connectivity index (χ0v) is 19.5. The first-order chi connectivity index (χ1) is 16.0. The van der Waals surface area contributed by atoms with Crippen molar-refractivity contribution < 1.29 is 14.6 Å². The van der Waals surface area contributed by atoms with Crippen molar-refractivity contribution in [3.05, 3.63) is 60.7 Å². The lowest BCUT2D eigenvalue weighted by Gasteiger charge is -2.11. The van der Waals surface area contributed by atoms with Gasteiger partial charge >= 0.3 is 0 Å². The molecule has 0 fully saturated rings. The minimum atomic E-state index is -0.362. The lowest BCUT2D eigenvalue weighted by atomic mass is 10.3. The van der Waals surface area contributed by atoms with Crippen LogP contribution >= 0.6 is 23.5 Å². The van der Waals surface area contributed by atoms with Crippen LogP contribution in [-0.4, -0.2) is 53.8 Å². The maximum atomic E-state index is 13.1. The minimum Gasteiger partial charge on any atom is -0.491 e. The van der Waals surface area contributed by atoms with Crippen molar-refractivity contribution in [1.82, 2.24) is 29.5 Å². The number of benzene rings is 1. The number of nitrogens with one attached hydrogen (secondary N) is 1. The molecule has 4 aromatic rings. The zero-order chi connectivity index (χ0) is 23.2. The van der Waals surface area contributed by atoms with E-state index in [0.29, 0.717) is 26.6 Å². The van der Waals surface area contributed by atoms with E-state index in [1.807, 2.05) is 43.4 Å². The molecule has 10 nitrogen and oxygen atoms in total. The Labute approximate surface area is 198 Å². The summed E-state index contributed by atoms with van der Waals surface area (Å²) in [5, 5.41) is 25.1. The third-order valence-electron chi connectivity index (χ3n) is 4.28. The fourth-order valence-corrected chi connectivity index (χ4v) is 4.38. The standard InChI is InChI=1S/C21H21N7O3S2/c1-27-13-22-25-21(27)33-18-8-7-16(32-15-5-3-14(4-6-15)31-12-11-29)19(24-18)20(30)23-17-9-10-28(2)26-17/h3-10,13,29H,11-12H2,1-2H3,(H,23,26,30). The highest BCUT2D eigenvalue weighted by atomic mass is 32.2. The highest BCUT2D eigenvalue weighted by Crippen LogP contribution is 2.33. The van der Waals surface area contributed by atoms with Crippen LogP contribution in [0.1, 0.15) is 10.5 Å². The van der Waals surface area contributed by atoms with Crippen LogP contribution in [0.15, 0.2) is 75.0 Å². The Balaban J connectivity index is 1.60. The van der Waals surface area contributed by atoms with Crippen molar-refractivity contribution in [3.63, 3.8) is 0 Å². The lowest BCUT2D eigenvalue weighted by Crippen LogP contribution is -2.16. The molecule has 0 bridgehead atoms. The van der Waals surface area contributed by atoms with Gasteiger partial charge in [-0.25, -0.2) is 4.98 Å². The van der Waals surface area contributed by atoms with E-state index in [4.69, 9.17) is 9.84 Å². The molecule has 3 aromatic heterocycles. The largest absolute Gasteiger partial charge is 0.491 e. The van der Waals surface area contributed by atoms with Crippen molar-refractivity contribution in [2.75, 3.05) is 18.5 Å². The Kier molecular flexibility index (Phi) is 7.27. The van der Waals surface area contributed by atoms with Crippen LogP contribution in [0.4, 0.5) is 5.82 Å². The highest BCUT2D eigenvalue weighted by Gasteiger charge is 2.18. The van der Waals surface area contributed by atoms with Crippen molar-refractivity contribution in [3.8, 4) is 5.75 Å². The summed E-state index contributed by atoms with van der Waals surface area (Å²) in [6.45, 7) is 0.189. The quantitative estimate of drug-likeness (QED) is 0.370. The highest BCUT2D eigenvalue weighted by molar-refractivity contribution is 7.99. The summed E-state index contributed by atoms with van der Waals surface area (Å²) in [6, 6.07) is 12.8. The predicted molar refractivity (Wildman–Crippen MR) is 124 cm³/mol. The van der Waals surface area contributed by atoms with E-state index in [1.54, 1.807) is 34.9 Å². The van der Waals surface area contributed by atoms with Gasteiger partial charge in [-0.05, 0) is 48.2 Å². The molecular weight excluding hydrogens is 462 g/mol. The molecule has 0 aliphatic heterocycles. The molecule has 0 atom stereocenters. The van der Waals surface area contributed by atoms with Crippen molar-refractivity contribution in [1.29, 1.82) is 0 Å². The van der Waals surface area contributed by atoms with Gasteiger partial charge in [0.25, 0.3) is 5.91 Å². The maximum Gasteiger partial charge on any atom is 0.276 e. The molecule has 0 aliphatic rings. The molecule has 0 spiro atoms. The number of aliphatic hydroxyl groups is 1. The molecule has 0 saturated heterocycles. The topological polar surface area (TPSA) is 120 Å². The Bertz CT molecular complexity index is 1240. The Morgan fingerprint density at radius 2 is 1.94 bits per heavy atom. The SMILES string of the molecule is Cn1ccc(NC(=O)c2nc(Sc3nncn3C)ccc2Sc2ccc(OCCO)cc2)n1. The molecule has 2 N–H and O–H groups in total. The first-order valence-electron chi connectivity index (χ1n) is 9.87. The van der Waals surface area contributed by atoms with Crippen molar-refractivity contribution >= 4 is 35.2 Å². The molecule has 0 radical (unpaired) electrons. The summed E-state index contributed by atoms with van der Waals surface area (Å²) in [6.07, 6.45) is 3.36. The van der Waals surface area contributed by atoms with Gasteiger partial charge in [0.1, 0.15) is 29.4 Å². The smallest absolute Gasteiger partial charge is 0.276 e. The normalized spacial score (nSPS) is 10.9. The summed E-state index contributed by atoms with van der Waals surface area (Å²) in [5.74, 6) is 0.742. The number of pyridine rings is 1. The van der Waals surface area contributed by atoms with Gasteiger partial charge in [-0.3, -0.25) is 9.48 Å². The molecule has 0 unspecified atom stereocenters. The summed E-state index contributed by atoms with van der Waals surface area (Å²) in [5.41, 5.74) is 0.276. The maximum absolute atomic E-state index is 13.1. The summed E-state index contributed by atoms with van der Waals surface area (Å²) >= 11 is 2.73. The zero-order valence-electron chi connectivity index (χ0n) is 17.9. The number of aryl methyl sites for hydroxylation is 2. The first-order valence-corrected chi connectivity index (χ1v) is 11.5. The number of aromatic nitrogens is 6. The predicted octanol–water partition coefficient (Wildman–Crippen LogP) is 2.87. The molecular formula is C21H21N7O3S2. The molecule has 0 aliphatic carbocycles. The Hall–Kier alpha value is -3.35. The average Bonchev–Trinajstić information content (AvgIpc) is 3.41. The van der Waals surface area contributed by atoms with E-state index in [0.717, 1.165) is 4.90 Å². The van der Waals surface area contributed by atoms with E-state index in [-0.39, 0.29) is 24.8 Å². The number of amides is 1.